The van der Waals surface area contributed by atoms with Crippen molar-refractivity contribution in [1.82, 2.24) is 9.80 Å². The maximum Gasteiger partial charge on any atom is 0.329 e. The highest BCUT2D eigenvalue weighted by atomic mass is 16.5. The van der Waals surface area contributed by atoms with Gasteiger partial charge in [-0.05, 0) is 26.7 Å². The number of nitrogens with zero attached hydrogens (tertiary/aromatic N) is 2. The Kier molecular flexibility index (Phi) is 3.23. The zero-order chi connectivity index (χ0) is 13.5. The molecule has 0 aromatic heterocycles. The molecule has 1 heterocycles. The standard InChI is InChI=1S/C12H20N2O4/c1-8-6-14(7-9(2)18-8)11(17)13(3)12(4-5-12)10(15)16/h8-9H,4-7H2,1-3H3,(H,15,16)/t8-,9+. The molecule has 102 valence electrons. The summed E-state index contributed by atoms with van der Waals surface area (Å²) in [5.41, 5.74) is -0.970. The third-order valence-corrected chi connectivity index (χ3v) is 3.74. The number of hydrogen-bond acceptors (Lipinski definition) is 3. The normalized spacial score (nSPS) is 29.8. The minimum absolute atomic E-state index is 0.00826. The van der Waals surface area contributed by atoms with Crippen molar-refractivity contribution in [1.29, 1.82) is 0 Å². The fourth-order valence-corrected chi connectivity index (χ4v) is 2.54. The highest BCUT2D eigenvalue weighted by Crippen LogP contribution is 2.41. The van der Waals surface area contributed by atoms with Crippen LogP contribution in [0.5, 0.6) is 0 Å². The van der Waals surface area contributed by atoms with Gasteiger partial charge < -0.3 is 19.6 Å². The van der Waals surface area contributed by atoms with Gasteiger partial charge in [-0.3, -0.25) is 0 Å². The topological polar surface area (TPSA) is 70.1 Å². The fraction of sp³-hybridized carbons (Fsp3) is 0.833. The van der Waals surface area contributed by atoms with Crippen molar-refractivity contribution < 1.29 is 19.4 Å². The Morgan fingerprint density at radius 1 is 1.28 bits per heavy atom. The predicted octanol–water partition coefficient (Wildman–Crippen LogP) is 0.765. The van der Waals surface area contributed by atoms with E-state index >= 15 is 0 Å². The first-order valence-corrected chi connectivity index (χ1v) is 6.28. The smallest absolute Gasteiger partial charge is 0.329 e. The van der Waals surface area contributed by atoms with Crippen LogP contribution in [0.15, 0.2) is 0 Å². The molecular formula is C12H20N2O4. The minimum atomic E-state index is -0.970. The number of urea groups is 1. The van der Waals surface area contributed by atoms with Gasteiger partial charge in [0, 0.05) is 20.1 Å². The van der Waals surface area contributed by atoms with E-state index in [0.717, 1.165) is 0 Å². The van der Waals surface area contributed by atoms with E-state index in [4.69, 9.17) is 4.74 Å². The van der Waals surface area contributed by atoms with Crippen molar-refractivity contribution in [2.45, 2.75) is 44.4 Å². The van der Waals surface area contributed by atoms with E-state index in [1.54, 1.807) is 11.9 Å². The average molecular weight is 256 g/mol. The molecular weight excluding hydrogens is 236 g/mol. The second kappa shape index (κ2) is 4.42. The summed E-state index contributed by atoms with van der Waals surface area (Å²) in [6.45, 7) is 4.87. The molecule has 1 aliphatic heterocycles. The van der Waals surface area contributed by atoms with Crippen LogP contribution in [0.4, 0.5) is 4.79 Å². The molecule has 2 amide bonds. The van der Waals surface area contributed by atoms with Crippen LogP contribution in [-0.4, -0.2) is 64.8 Å². The second-order valence-electron chi connectivity index (χ2n) is 5.34. The number of carboxylic acids is 1. The van der Waals surface area contributed by atoms with Crippen molar-refractivity contribution in [3.05, 3.63) is 0 Å². The number of carbonyl (C=O) groups excluding carboxylic acids is 1. The number of carboxylic acid groups (broad SMARTS) is 1. The van der Waals surface area contributed by atoms with Crippen molar-refractivity contribution in [3.63, 3.8) is 0 Å². The molecule has 0 aromatic rings. The molecule has 0 aromatic carbocycles. The number of carbonyl (C=O) groups is 2. The number of morpholine rings is 1. The van der Waals surface area contributed by atoms with E-state index in [1.807, 2.05) is 13.8 Å². The molecule has 0 bridgehead atoms. The van der Waals surface area contributed by atoms with Gasteiger partial charge in [-0.25, -0.2) is 9.59 Å². The van der Waals surface area contributed by atoms with Gasteiger partial charge in [0.15, 0.2) is 0 Å². The van der Waals surface area contributed by atoms with Gasteiger partial charge >= 0.3 is 12.0 Å². The maximum atomic E-state index is 12.3. The second-order valence-corrected chi connectivity index (χ2v) is 5.34. The van der Waals surface area contributed by atoms with Gasteiger partial charge in [0.2, 0.25) is 0 Å². The number of ether oxygens (including phenoxy) is 1. The van der Waals surface area contributed by atoms with E-state index in [9.17, 15) is 14.7 Å². The number of likely N-dealkylation sites (N-methyl/N-ethyl adjacent to an activating group) is 1. The molecule has 1 saturated heterocycles. The minimum Gasteiger partial charge on any atom is -0.479 e. The molecule has 2 rings (SSSR count). The number of hydrogen-bond donors (Lipinski definition) is 1. The molecule has 1 aliphatic carbocycles. The van der Waals surface area contributed by atoms with Crippen LogP contribution < -0.4 is 0 Å². The number of aliphatic carboxylic acids is 1. The van der Waals surface area contributed by atoms with E-state index in [2.05, 4.69) is 0 Å². The Morgan fingerprint density at radius 2 is 1.78 bits per heavy atom. The van der Waals surface area contributed by atoms with Crippen LogP contribution in [0.3, 0.4) is 0 Å². The molecule has 2 fully saturated rings. The maximum absolute atomic E-state index is 12.3. The third kappa shape index (κ3) is 2.16. The van der Waals surface area contributed by atoms with E-state index < -0.39 is 11.5 Å². The van der Waals surface area contributed by atoms with Crippen LogP contribution in [0.1, 0.15) is 26.7 Å². The first kappa shape index (κ1) is 13.1. The van der Waals surface area contributed by atoms with Crippen molar-refractivity contribution in [2.24, 2.45) is 0 Å². The lowest BCUT2D eigenvalue weighted by atomic mass is 10.2. The van der Waals surface area contributed by atoms with Gasteiger partial charge in [-0.2, -0.15) is 0 Å². The highest BCUT2D eigenvalue weighted by molar-refractivity contribution is 5.88. The van der Waals surface area contributed by atoms with E-state index in [1.165, 1.54) is 4.90 Å². The summed E-state index contributed by atoms with van der Waals surface area (Å²) in [4.78, 5) is 26.6. The summed E-state index contributed by atoms with van der Waals surface area (Å²) in [6, 6.07) is -0.211. The molecule has 1 N–H and O–H groups in total. The molecule has 2 atom stereocenters. The summed E-state index contributed by atoms with van der Waals surface area (Å²) in [5.74, 6) is -0.910. The Labute approximate surface area is 106 Å². The highest BCUT2D eigenvalue weighted by Gasteiger charge is 2.56. The van der Waals surface area contributed by atoms with Crippen molar-refractivity contribution >= 4 is 12.0 Å². The van der Waals surface area contributed by atoms with Crippen LogP contribution in [0, 0.1) is 0 Å². The van der Waals surface area contributed by atoms with Gasteiger partial charge in [0.25, 0.3) is 0 Å². The van der Waals surface area contributed by atoms with Crippen LogP contribution in [0.25, 0.3) is 0 Å². The van der Waals surface area contributed by atoms with E-state index in [-0.39, 0.29) is 18.2 Å². The van der Waals surface area contributed by atoms with Gasteiger partial charge in [0.05, 0.1) is 12.2 Å². The Bertz CT molecular complexity index is 357. The Morgan fingerprint density at radius 3 is 2.17 bits per heavy atom. The fourth-order valence-electron chi connectivity index (χ4n) is 2.54. The molecule has 2 aliphatic rings. The van der Waals surface area contributed by atoms with Crippen molar-refractivity contribution in [2.75, 3.05) is 20.1 Å². The SMILES string of the molecule is C[C@@H]1CN(C(=O)N(C)C2(C(=O)O)CC2)C[C@H](C)O1. The summed E-state index contributed by atoms with van der Waals surface area (Å²) < 4.78 is 5.57. The summed E-state index contributed by atoms with van der Waals surface area (Å²) >= 11 is 0. The molecule has 18 heavy (non-hydrogen) atoms. The van der Waals surface area contributed by atoms with E-state index in [0.29, 0.717) is 25.9 Å². The summed E-state index contributed by atoms with van der Waals surface area (Å²) in [5, 5.41) is 9.19. The lowest BCUT2D eigenvalue weighted by Gasteiger charge is -2.38. The van der Waals surface area contributed by atoms with Gasteiger partial charge in [-0.1, -0.05) is 0 Å². The van der Waals surface area contributed by atoms with Gasteiger partial charge in [0.1, 0.15) is 5.54 Å². The molecule has 0 spiro atoms. The predicted molar refractivity (Wildman–Crippen MR) is 64.3 cm³/mol. The van der Waals surface area contributed by atoms with Crippen LogP contribution >= 0.6 is 0 Å². The monoisotopic (exact) mass is 256 g/mol. The lowest BCUT2D eigenvalue weighted by molar-refractivity contribution is -0.143. The first-order chi connectivity index (χ1) is 8.36. The third-order valence-electron chi connectivity index (χ3n) is 3.74. The average Bonchev–Trinajstić information content (AvgIpc) is 3.06. The summed E-state index contributed by atoms with van der Waals surface area (Å²) in [7, 11) is 1.58. The largest absolute Gasteiger partial charge is 0.479 e. The molecule has 0 unspecified atom stereocenters. The van der Waals surface area contributed by atoms with Gasteiger partial charge in [-0.15, -0.1) is 0 Å². The summed E-state index contributed by atoms with van der Waals surface area (Å²) in [6.07, 6.45) is 1.07. The first-order valence-electron chi connectivity index (χ1n) is 6.28. The Hall–Kier alpha value is -1.30. The zero-order valence-electron chi connectivity index (χ0n) is 11.0. The number of amides is 2. The van der Waals surface area contributed by atoms with Crippen molar-refractivity contribution in [3.8, 4) is 0 Å². The molecule has 1 saturated carbocycles. The quantitative estimate of drug-likeness (QED) is 0.792. The van der Waals surface area contributed by atoms with Crippen LogP contribution in [0.2, 0.25) is 0 Å². The molecule has 6 heteroatoms. The molecule has 0 radical (unpaired) electrons. The lowest BCUT2D eigenvalue weighted by Crippen LogP contribution is -2.56. The zero-order valence-corrected chi connectivity index (χ0v) is 11.0. The van der Waals surface area contributed by atoms with Crippen LogP contribution in [-0.2, 0) is 9.53 Å². The number of rotatable bonds is 2. The Balaban J connectivity index is 2.05. The molecule has 6 nitrogen and oxygen atoms in total.